The van der Waals surface area contributed by atoms with Crippen LogP contribution in [0, 0.1) is 6.92 Å². The summed E-state index contributed by atoms with van der Waals surface area (Å²) in [6, 6.07) is -0.290. The van der Waals surface area contributed by atoms with Crippen LogP contribution in [-0.2, 0) is 9.53 Å². The van der Waals surface area contributed by atoms with Crippen molar-refractivity contribution in [3.63, 3.8) is 0 Å². The molecule has 0 aliphatic carbocycles. The first kappa shape index (κ1) is 14.1. The second-order valence-corrected chi connectivity index (χ2v) is 5.84. The number of aromatic nitrogens is 2. The molecule has 21 heavy (non-hydrogen) atoms. The van der Waals surface area contributed by atoms with Crippen LogP contribution in [0.3, 0.4) is 0 Å². The minimum atomic E-state index is -0.290. The predicted molar refractivity (Wildman–Crippen MR) is 80.7 cm³/mol. The van der Waals surface area contributed by atoms with E-state index in [-0.39, 0.29) is 24.2 Å². The predicted octanol–water partition coefficient (Wildman–Crippen LogP) is 1.15. The molecule has 1 saturated heterocycles. The Morgan fingerprint density at radius 3 is 2.52 bits per heavy atom. The number of aryl methyl sites for hydroxylation is 1. The molecule has 7 nitrogen and oxygen atoms in total. The standard InChI is InChI=1S/C14H21N5O2/c1-7-5-19(6-8(2)21-7)13-11-12(16-10(4)17-13)15-9(3)14(20)18-11/h7-9H,5-6H2,1-4H3,(H,18,20)(H,15,16,17). The lowest BCUT2D eigenvalue weighted by Gasteiger charge is -2.38. The Morgan fingerprint density at radius 2 is 1.86 bits per heavy atom. The van der Waals surface area contributed by atoms with Gasteiger partial charge in [-0.25, -0.2) is 9.97 Å². The third-order valence-corrected chi connectivity index (χ3v) is 3.72. The monoisotopic (exact) mass is 291 g/mol. The summed E-state index contributed by atoms with van der Waals surface area (Å²) in [5.41, 5.74) is 0.671. The molecule has 2 aliphatic heterocycles. The summed E-state index contributed by atoms with van der Waals surface area (Å²) in [6.07, 6.45) is 0.261. The van der Waals surface area contributed by atoms with E-state index in [2.05, 4.69) is 25.5 Å². The average Bonchev–Trinajstić information content (AvgIpc) is 2.38. The molecule has 3 unspecified atom stereocenters. The van der Waals surface area contributed by atoms with Gasteiger partial charge in [0.1, 0.15) is 17.6 Å². The number of carbonyl (C=O) groups is 1. The number of rotatable bonds is 1. The van der Waals surface area contributed by atoms with Crippen LogP contribution in [0.2, 0.25) is 0 Å². The van der Waals surface area contributed by atoms with Crippen LogP contribution in [0.5, 0.6) is 0 Å². The van der Waals surface area contributed by atoms with Crippen molar-refractivity contribution < 1.29 is 9.53 Å². The second-order valence-electron chi connectivity index (χ2n) is 5.84. The maximum absolute atomic E-state index is 11.9. The number of anilines is 3. The maximum Gasteiger partial charge on any atom is 0.246 e. The van der Waals surface area contributed by atoms with Gasteiger partial charge in [-0.2, -0.15) is 0 Å². The zero-order valence-electron chi connectivity index (χ0n) is 12.8. The summed E-state index contributed by atoms with van der Waals surface area (Å²) in [7, 11) is 0. The highest BCUT2D eigenvalue weighted by atomic mass is 16.5. The molecule has 2 N–H and O–H groups in total. The Balaban J connectivity index is 2.00. The Labute approximate surface area is 124 Å². The molecule has 0 saturated carbocycles. The summed E-state index contributed by atoms with van der Waals surface area (Å²) < 4.78 is 5.76. The molecule has 7 heteroatoms. The average molecular weight is 291 g/mol. The van der Waals surface area contributed by atoms with Gasteiger partial charge < -0.3 is 20.3 Å². The van der Waals surface area contributed by atoms with Gasteiger partial charge in [-0.05, 0) is 27.7 Å². The van der Waals surface area contributed by atoms with E-state index in [1.54, 1.807) is 0 Å². The van der Waals surface area contributed by atoms with Crippen LogP contribution < -0.4 is 15.5 Å². The van der Waals surface area contributed by atoms with E-state index in [1.165, 1.54) is 0 Å². The Morgan fingerprint density at radius 1 is 1.19 bits per heavy atom. The first-order valence-corrected chi connectivity index (χ1v) is 7.30. The Bertz CT molecular complexity index is 567. The van der Waals surface area contributed by atoms with Crippen molar-refractivity contribution in [2.24, 2.45) is 0 Å². The van der Waals surface area contributed by atoms with E-state index in [0.717, 1.165) is 18.9 Å². The molecule has 1 aromatic rings. The lowest BCUT2D eigenvalue weighted by atomic mass is 10.2. The van der Waals surface area contributed by atoms with Crippen LogP contribution in [0.15, 0.2) is 0 Å². The zero-order valence-corrected chi connectivity index (χ0v) is 12.8. The van der Waals surface area contributed by atoms with Crippen molar-refractivity contribution in [3.05, 3.63) is 5.82 Å². The van der Waals surface area contributed by atoms with Gasteiger partial charge in [0.2, 0.25) is 5.91 Å². The number of ether oxygens (including phenoxy) is 1. The van der Waals surface area contributed by atoms with Crippen LogP contribution in [0.1, 0.15) is 26.6 Å². The fourth-order valence-corrected chi connectivity index (χ4v) is 2.86. The molecule has 3 heterocycles. The lowest BCUT2D eigenvalue weighted by Crippen LogP contribution is -2.47. The van der Waals surface area contributed by atoms with Gasteiger partial charge >= 0.3 is 0 Å². The minimum Gasteiger partial charge on any atom is -0.372 e. The largest absolute Gasteiger partial charge is 0.372 e. The molecular weight excluding hydrogens is 270 g/mol. The maximum atomic E-state index is 11.9. The van der Waals surface area contributed by atoms with Gasteiger partial charge in [0.25, 0.3) is 0 Å². The number of nitrogens with zero attached hydrogens (tertiary/aromatic N) is 3. The smallest absolute Gasteiger partial charge is 0.246 e. The highest BCUT2D eigenvalue weighted by molar-refractivity contribution is 6.04. The van der Waals surface area contributed by atoms with Crippen LogP contribution in [0.4, 0.5) is 17.3 Å². The normalized spacial score (nSPS) is 28.7. The number of amides is 1. The van der Waals surface area contributed by atoms with E-state index >= 15 is 0 Å². The van der Waals surface area contributed by atoms with Crippen LogP contribution >= 0.6 is 0 Å². The molecule has 3 rings (SSSR count). The van der Waals surface area contributed by atoms with E-state index < -0.39 is 0 Å². The van der Waals surface area contributed by atoms with Crippen molar-refractivity contribution in [1.82, 2.24) is 9.97 Å². The van der Waals surface area contributed by atoms with Gasteiger partial charge in [-0.3, -0.25) is 4.79 Å². The number of hydrogen-bond donors (Lipinski definition) is 2. The van der Waals surface area contributed by atoms with Gasteiger partial charge in [0.15, 0.2) is 11.6 Å². The molecular formula is C14H21N5O2. The molecule has 2 aliphatic rings. The second kappa shape index (κ2) is 5.14. The molecule has 114 valence electrons. The highest BCUT2D eigenvalue weighted by Gasteiger charge is 2.31. The highest BCUT2D eigenvalue weighted by Crippen LogP contribution is 2.34. The number of morpholine rings is 1. The van der Waals surface area contributed by atoms with Gasteiger partial charge in [0.05, 0.1) is 12.2 Å². The molecule has 1 aromatic heterocycles. The van der Waals surface area contributed by atoms with Crippen LogP contribution in [-0.4, -0.2) is 47.2 Å². The number of nitrogens with one attached hydrogen (secondary N) is 2. The quantitative estimate of drug-likeness (QED) is 0.808. The Hall–Kier alpha value is -1.89. The minimum absolute atomic E-state index is 0.0643. The number of hydrogen-bond acceptors (Lipinski definition) is 6. The van der Waals surface area contributed by atoms with Gasteiger partial charge in [0, 0.05) is 13.1 Å². The van der Waals surface area contributed by atoms with Crippen molar-refractivity contribution in [2.45, 2.75) is 45.9 Å². The van der Waals surface area contributed by atoms with Crippen molar-refractivity contribution >= 4 is 23.2 Å². The third-order valence-electron chi connectivity index (χ3n) is 3.72. The molecule has 0 aromatic carbocycles. The van der Waals surface area contributed by atoms with E-state index in [1.807, 2.05) is 27.7 Å². The summed E-state index contributed by atoms with van der Waals surface area (Å²) in [5.74, 6) is 2.08. The van der Waals surface area contributed by atoms with E-state index in [9.17, 15) is 4.79 Å². The zero-order chi connectivity index (χ0) is 15.1. The van der Waals surface area contributed by atoms with Crippen molar-refractivity contribution in [2.75, 3.05) is 28.6 Å². The lowest BCUT2D eigenvalue weighted by molar-refractivity contribution is -0.116. The van der Waals surface area contributed by atoms with E-state index in [0.29, 0.717) is 17.3 Å². The van der Waals surface area contributed by atoms with Crippen molar-refractivity contribution in [3.8, 4) is 0 Å². The van der Waals surface area contributed by atoms with E-state index in [4.69, 9.17) is 4.74 Å². The van der Waals surface area contributed by atoms with Gasteiger partial charge in [-0.15, -0.1) is 0 Å². The molecule has 3 atom stereocenters. The molecule has 1 amide bonds. The number of fused-ring (bicyclic) bond motifs is 1. The van der Waals surface area contributed by atoms with Crippen molar-refractivity contribution in [1.29, 1.82) is 0 Å². The molecule has 0 spiro atoms. The SMILES string of the molecule is Cc1nc2c(c(N3CC(C)OC(C)C3)n1)NC(=O)C(C)N2. The Kier molecular flexibility index (Phi) is 3.44. The molecule has 0 bridgehead atoms. The topological polar surface area (TPSA) is 79.4 Å². The molecule has 1 fully saturated rings. The third kappa shape index (κ3) is 2.65. The summed E-state index contributed by atoms with van der Waals surface area (Å²) in [4.78, 5) is 23.0. The number of carbonyl (C=O) groups excluding carboxylic acids is 1. The fraction of sp³-hybridized carbons (Fsp3) is 0.643. The van der Waals surface area contributed by atoms with Gasteiger partial charge in [-0.1, -0.05) is 0 Å². The summed E-state index contributed by atoms with van der Waals surface area (Å²) in [5, 5.41) is 6.05. The molecule has 0 radical (unpaired) electrons. The fourth-order valence-electron chi connectivity index (χ4n) is 2.86. The summed E-state index contributed by atoms with van der Waals surface area (Å²) in [6.45, 7) is 9.26. The summed E-state index contributed by atoms with van der Waals surface area (Å²) >= 11 is 0. The first-order chi connectivity index (χ1) is 9.94. The first-order valence-electron chi connectivity index (χ1n) is 7.30. The van der Waals surface area contributed by atoms with Crippen LogP contribution in [0.25, 0.3) is 0 Å².